The van der Waals surface area contributed by atoms with Gasteiger partial charge in [0.25, 0.3) is 0 Å². The number of para-hydroxylation sites is 2. The predicted molar refractivity (Wildman–Crippen MR) is 118 cm³/mol. The number of fused-ring (bicyclic) bond motifs is 1. The first-order valence-electron chi connectivity index (χ1n) is 10.1. The number of guanidine groups is 1. The predicted octanol–water partition coefficient (Wildman–Crippen LogP) is 3.16. The molecule has 0 aliphatic carbocycles. The van der Waals surface area contributed by atoms with Crippen molar-refractivity contribution >= 4 is 5.96 Å². The van der Waals surface area contributed by atoms with Crippen LogP contribution >= 0.6 is 0 Å². The van der Waals surface area contributed by atoms with Crippen molar-refractivity contribution < 1.29 is 18.9 Å². The molecule has 7 nitrogen and oxygen atoms in total. The number of rotatable bonds is 8. The highest BCUT2D eigenvalue weighted by atomic mass is 16.5. The lowest BCUT2D eigenvalue weighted by Crippen LogP contribution is -2.41. The summed E-state index contributed by atoms with van der Waals surface area (Å²) in [6.45, 7) is 5.22. The molecule has 162 valence electrons. The Bertz CT molecular complexity index is 885. The van der Waals surface area contributed by atoms with Gasteiger partial charge in [-0.2, -0.15) is 0 Å². The average Bonchev–Trinajstić information content (AvgIpc) is 3.12. The van der Waals surface area contributed by atoms with Crippen molar-refractivity contribution in [3.05, 3.63) is 47.5 Å². The van der Waals surface area contributed by atoms with Crippen LogP contribution in [0.4, 0.5) is 0 Å². The van der Waals surface area contributed by atoms with Crippen LogP contribution in [0.15, 0.2) is 41.4 Å². The van der Waals surface area contributed by atoms with E-state index in [9.17, 15) is 0 Å². The molecular formula is C23H31N3O4. The van der Waals surface area contributed by atoms with Gasteiger partial charge in [0, 0.05) is 31.1 Å². The Labute approximate surface area is 178 Å². The Morgan fingerprint density at radius 2 is 1.87 bits per heavy atom. The Balaban J connectivity index is 1.55. The van der Waals surface area contributed by atoms with Crippen molar-refractivity contribution in [2.75, 3.05) is 27.8 Å². The van der Waals surface area contributed by atoms with Gasteiger partial charge >= 0.3 is 0 Å². The van der Waals surface area contributed by atoms with Crippen molar-refractivity contribution in [2.24, 2.45) is 4.99 Å². The summed E-state index contributed by atoms with van der Waals surface area (Å²) in [5.74, 6) is 3.90. The van der Waals surface area contributed by atoms with Crippen molar-refractivity contribution in [3.63, 3.8) is 0 Å². The van der Waals surface area contributed by atoms with Crippen LogP contribution in [-0.2, 0) is 13.0 Å². The number of hydrogen-bond donors (Lipinski definition) is 2. The molecule has 0 saturated heterocycles. The van der Waals surface area contributed by atoms with E-state index in [1.165, 1.54) is 5.56 Å². The molecule has 2 aromatic rings. The number of benzene rings is 2. The van der Waals surface area contributed by atoms with Gasteiger partial charge in [-0.25, -0.2) is 0 Å². The van der Waals surface area contributed by atoms with Gasteiger partial charge in [0.15, 0.2) is 17.5 Å². The van der Waals surface area contributed by atoms with Crippen molar-refractivity contribution in [1.29, 1.82) is 0 Å². The van der Waals surface area contributed by atoms with Crippen LogP contribution in [0.25, 0.3) is 0 Å². The molecule has 3 rings (SSSR count). The van der Waals surface area contributed by atoms with Gasteiger partial charge in [0.05, 0.1) is 20.8 Å². The van der Waals surface area contributed by atoms with Crippen LogP contribution in [-0.4, -0.2) is 46.0 Å². The number of aliphatic imine (C=N–C) groups is 1. The molecule has 2 N–H and O–H groups in total. The highest BCUT2D eigenvalue weighted by Gasteiger charge is 2.21. The largest absolute Gasteiger partial charge is 0.496 e. The third kappa shape index (κ3) is 5.28. The van der Waals surface area contributed by atoms with Gasteiger partial charge in [-0.1, -0.05) is 12.1 Å². The van der Waals surface area contributed by atoms with Crippen LogP contribution in [0.2, 0.25) is 0 Å². The zero-order chi connectivity index (χ0) is 21.5. The van der Waals surface area contributed by atoms with Crippen LogP contribution in [0, 0.1) is 0 Å². The van der Waals surface area contributed by atoms with Crippen molar-refractivity contribution in [1.82, 2.24) is 10.6 Å². The summed E-state index contributed by atoms with van der Waals surface area (Å²) < 4.78 is 22.8. The van der Waals surface area contributed by atoms with Crippen molar-refractivity contribution in [2.45, 2.75) is 39.0 Å². The fourth-order valence-electron chi connectivity index (χ4n) is 3.42. The SMILES string of the molecule is CN=C(NCc1cc2c(cc1OC)CC(C)O2)NCC(C)Oc1ccccc1OC. The van der Waals surface area contributed by atoms with E-state index in [0.717, 1.165) is 23.5 Å². The Hall–Kier alpha value is -3.09. The smallest absolute Gasteiger partial charge is 0.191 e. The van der Waals surface area contributed by atoms with Gasteiger partial charge < -0.3 is 29.6 Å². The molecule has 2 aromatic carbocycles. The number of nitrogens with one attached hydrogen (secondary N) is 2. The number of nitrogens with zero attached hydrogens (tertiary/aromatic N) is 1. The fourth-order valence-corrected chi connectivity index (χ4v) is 3.42. The van der Waals surface area contributed by atoms with Gasteiger partial charge in [0.2, 0.25) is 0 Å². The number of ether oxygens (including phenoxy) is 4. The van der Waals surface area contributed by atoms with E-state index in [-0.39, 0.29) is 12.2 Å². The molecule has 0 fully saturated rings. The first kappa shape index (κ1) is 21.6. The standard InChI is InChI=1S/C23H31N3O4/c1-15-10-17-11-21(28-5)18(12-22(17)29-15)14-26-23(24-3)25-13-16(2)30-20-9-7-6-8-19(20)27-4/h6-9,11-12,15-16H,10,13-14H2,1-5H3,(H2,24,25,26). The normalized spacial score (nSPS) is 16.3. The molecule has 0 saturated carbocycles. The van der Waals surface area contributed by atoms with E-state index in [1.54, 1.807) is 21.3 Å². The van der Waals surface area contributed by atoms with Crippen LogP contribution in [0.1, 0.15) is 25.0 Å². The molecule has 1 aliphatic heterocycles. The van der Waals surface area contributed by atoms with Crippen molar-refractivity contribution in [3.8, 4) is 23.0 Å². The van der Waals surface area contributed by atoms with Gasteiger partial charge in [-0.05, 0) is 38.1 Å². The maximum Gasteiger partial charge on any atom is 0.191 e. The molecule has 2 atom stereocenters. The Morgan fingerprint density at radius 3 is 2.57 bits per heavy atom. The Morgan fingerprint density at radius 1 is 1.13 bits per heavy atom. The number of methoxy groups -OCH3 is 2. The molecule has 7 heteroatoms. The molecule has 0 bridgehead atoms. The monoisotopic (exact) mass is 413 g/mol. The van der Waals surface area contributed by atoms with Gasteiger partial charge in [0.1, 0.15) is 23.7 Å². The fraction of sp³-hybridized carbons (Fsp3) is 0.435. The highest BCUT2D eigenvalue weighted by molar-refractivity contribution is 5.79. The highest BCUT2D eigenvalue weighted by Crippen LogP contribution is 2.34. The van der Waals surface area contributed by atoms with E-state index in [0.29, 0.717) is 30.5 Å². The maximum atomic E-state index is 5.98. The minimum absolute atomic E-state index is 0.0794. The van der Waals surface area contributed by atoms with E-state index in [2.05, 4.69) is 28.6 Å². The number of hydrogen-bond acceptors (Lipinski definition) is 5. The van der Waals surface area contributed by atoms with E-state index < -0.39 is 0 Å². The minimum Gasteiger partial charge on any atom is -0.496 e. The third-order valence-corrected chi connectivity index (χ3v) is 4.92. The topological polar surface area (TPSA) is 73.3 Å². The summed E-state index contributed by atoms with van der Waals surface area (Å²) in [7, 11) is 5.07. The Kier molecular flexibility index (Phi) is 7.27. The molecule has 0 radical (unpaired) electrons. The molecule has 0 aromatic heterocycles. The summed E-state index contributed by atoms with van der Waals surface area (Å²) in [5, 5.41) is 6.62. The zero-order valence-corrected chi connectivity index (χ0v) is 18.3. The van der Waals surface area contributed by atoms with E-state index >= 15 is 0 Å². The first-order valence-corrected chi connectivity index (χ1v) is 10.1. The van der Waals surface area contributed by atoms with Crippen LogP contribution in [0.3, 0.4) is 0 Å². The summed E-state index contributed by atoms with van der Waals surface area (Å²) in [5.41, 5.74) is 2.21. The van der Waals surface area contributed by atoms with Crippen LogP contribution < -0.4 is 29.6 Å². The average molecular weight is 414 g/mol. The van der Waals surface area contributed by atoms with Crippen LogP contribution in [0.5, 0.6) is 23.0 Å². The van der Waals surface area contributed by atoms with E-state index in [1.807, 2.05) is 37.3 Å². The quantitative estimate of drug-likeness (QED) is 0.512. The summed E-state index contributed by atoms with van der Waals surface area (Å²) >= 11 is 0. The zero-order valence-electron chi connectivity index (χ0n) is 18.3. The lowest BCUT2D eigenvalue weighted by Gasteiger charge is -2.19. The molecule has 1 aliphatic rings. The summed E-state index contributed by atoms with van der Waals surface area (Å²) in [6, 6.07) is 11.7. The minimum atomic E-state index is -0.0794. The lowest BCUT2D eigenvalue weighted by molar-refractivity contribution is 0.213. The second kappa shape index (κ2) is 10.1. The lowest BCUT2D eigenvalue weighted by atomic mass is 10.1. The third-order valence-electron chi connectivity index (χ3n) is 4.92. The molecule has 0 spiro atoms. The molecule has 1 heterocycles. The second-order valence-corrected chi connectivity index (χ2v) is 7.29. The second-order valence-electron chi connectivity index (χ2n) is 7.29. The maximum absolute atomic E-state index is 5.98. The molecule has 0 amide bonds. The molecule has 2 unspecified atom stereocenters. The molecule has 30 heavy (non-hydrogen) atoms. The summed E-state index contributed by atoms with van der Waals surface area (Å²) in [6.07, 6.45) is 1.03. The molecular weight excluding hydrogens is 382 g/mol. The first-order chi connectivity index (χ1) is 14.5. The summed E-state index contributed by atoms with van der Waals surface area (Å²) in [4.78, 5) is 4.30. The van der Waals surface area contributed by atoms with Gasteiger partial charge in [-0.15, -0.1) is 0 Å². The van der Waals surface area contributed by atoms with E-state index in [4.69, 9.17) is 18.9 Å². The van der Waals surface area contributed by atoms with Gasteiger partial charge in [-0.3, -0.25) is 4.99 Å².